The third kappa shape index (κ3) is 4.11. The Morgan fingerprint density at radius 2 is 1.00 bits per heavy atom. The molecule has 4 aliphatic rings. The SMILES string of the molecule is c1ccc(C(=Nc2cc3ccc2CCc2ccc(cc2)CC3)c2ccccc2)cc1. The van der Waals surface area contributed by atoms with Crippen molar-refractivity contribution in [3.05, 3.63) is 137 Å². The Kier molecular flexibility index (Phi) is 5.26. The van der Waals surface area contributed by atoms with E-state index >= 15 is 0 Å². The first-order valence-corrected chi connectivity index (χ1v) is 10.7. The van der Waals surface area contributed by atoms with E-state index in [4.69, 9.17) is 4.99 Å². The molecule has 1 heteroatoms. The van der Waals surface area contributed by atoms with Gasteiger partial charge in [-0.25, -0.2) is 4.99 Å². The minimum atomic E-state index is 0.995. The van der Waals surface area contributed by atoms with Crippen LogP contribution in [-0.4, -0.2) is 5.71 Å². The summed E-state index contributed by atoms with van der Waals surface area (Å²) in [5, 5.41) is 0. The second-order valence-electron chi connectivity index (χ2n) is 7.97. The summed E-state index contributed by atoms with van der Waals surface area (Å²) >= 11 is 0. The van der Waals surface area contributed by atoms with Crippen LogP contribution >= 0.6 is 0 Å². The smallest absolute Gasteiger partial charge is 0.0781 e. The maximum atomic E-state index is 5.27. The lowest BCUT2D eigenvalue weighted by Crippen LogP contribution is -2.04. The van der Waals surface area contributed by atoms with E-state index in [2.05, 4.69) is 103 Å². The summed E-state index contributed by atoms with van der Waals surface area (Å²) < 4.78 is 0. The number of benzene rings is 4. The van der Waals surface area contributed by atoms with Crippen molar-refractivity contribution in [3.8, 4) is 0 Å². The van der Waals surface area contributed by atoms with E-state index < -0.39 is 0 Å². The van der Waals surface area contributed by atoms with Gasteiger partial charge in [0.05, 0.1) is 11.4 Å². The van der Waals surface area contributed by atoms with Crippen LogP contribution in [0.15, 0.2) is 108 Å². The molecule has 0 spiro atoms. The number of aryl methyl sites for hydroxylation is 4. The molecule has 0 atom stereocenters. The Labute approximate surface area is 178 Å². The molecule has 0 heterocycles. The Hall–Kier alpha value is -3.45. The van der Waals surface area contributed by atoms with E-state index in [9.17, 15) is 0 Å². The lowest BCUT2D eigenvalue weighted by atomic mass is 9.95. The van der Waals surface area contributed by atoms with E-state index in [0.717, 1.165) is 48.2 Å². The second kappa shape index (κ2) is 8.51. The summed E-state index contributed by atoms with van der Waals surface area (Å²) in [7, 11) is 0. The molecule has 0 saturated heterocycles. The van der Waals surface area contributed by atoms with Gasteiger partial charge in [0.15, 0.2) is 0 Å². The standard InChI is InChI=1S/C29H25N/c1-3-7-26(8-4-1)29(27-9-5-2-6-10-27)30-28-21-24-16-15-22-11-13-23(14-12-22)17-19-25(28)20-18-24/h1-14,18,20-21H,15-17,19H2. The molecule has 4 aliphatic carbocycles. The van der Waals surface area contributed by atoms with Crippen LogP contribution in [0.4, 0.5) is 5.69 Å². The van der Waals surface area contributed by atoms with Crippen LogP contribution in [0.25, 0.3) is 0 Å². The number of hydrogen-bond donors (Lipinski definition) is 0. The van der Waals surface area contributed by atoms with Gasteiger partial charge in [0, 0.05) is 11.1 Å². The molecule has 0 saturated carbocycles. The maximum absolute atomic E-state index is 5.27. The molecule has 0 aromatic heterocycles. The molecule has 8 rings (SSSR count). The first kappa shape index (κ1) is 18.6. The average Bonchev–Trinajstić information content (AvgIpc) is 2.81. The molecule has 0 aliphatic heterocycles. The number of hydrogen-bond acceptors (Lipinski definition) is 1. The van der Waals surface area contributed by atoms with Crippen LogP contribution in [0, 0.1) is 0 Å². The van der Waals surface area contributed by atoms with Gasteiger partial charge in [-0.2, -0.15) is 0 Å². The van der Waals surface area contributed by atoms with Crippen molar-refractivity contribution in [2.45, 2.75) is 25.7 Å². The fourth-order valence-electron chi connectivity index (χ4n) is 4.13. The first-order valence-electron chi connectivity index (χ1n) is 10.7. The summed E-state index contributed by atoms with van der Waals surface area (Å²) in [5.41, 5.74) is 9.89. The fourth-order valence-corrected chi connectivity index (χ4v) is 4.13. The van der Waals surface area contributed by atoms with Gasteiger partial charge in [-0.3, -0.25) is 0 Å². The normalized spacial score (nSPS) is 12.8. The van der Waals surface area contributed by atoms with Crippen molar-refractivity contribution >= 4 is 11.4 Å². The van der Waals surface area contributed by atoms with Gasteiger partial charge < -0.3 is 0 Å². The summed E-state index contributed by atoms with van der Waals surface area (Å²) in [6.07, 6.45) is 4.13. The highest BCUT2D eigenvalue weighted by atomic mass is 14.8. The topological polar surface area (TPSA) is 12.4 Å². The molecule has 4 bridgehead atoms. The van der Waals surface area contributed by atoms with Crippen LogP contribution in [0.1, 0.15) is 33.4 Å². The van der Waals surface area contributed by atoms with Gasteiger partial charge in [-0.15, -0.1) is 0 Å². The number of rotatable bonds is 3. The monoisotopic (exact) mass is 387 g/mol. The molecule has 146 valence electrons. The lowest BCUT2D eigenvalue weighted by molar-refractivity contribution is 0.921. The molecule has 0 N–H and O–H groups in total. The molecule has 30 heavy (non-hydrogen) atoms. The summed E-state index contributed by atoms with van der Waals surface area (Å²) in [5.74, 6) is 0. The third-order valence-electron chi connectivity index (χ3n) is 5.88. The van der Waals surface area contributed by atoms with Crippen LogP contribution in [0.3, 0.4) is 0 Å². The van der Waals surface area contributed by atoms with Gasteiger partial charge in [-0.05, 0) is 54.0 Å². The van der Waals surface area contributed by atoms with Crippen LogP contribution in [0.5, 0.6) is 0 Å². The Bertz CT molecular complexity index is 1110. The van der Waals surface area contributed by atoms with E-state index in [-0.39, 0.29) is 0 Å². The van der Waals surface area contributed by atoms with Gasteiger partial charge in [0.2, 0.25) is 0 Å². The predicted molar refractivity (Wildman–Crippen MR) is 126 cm³/mol. The minimum absolute atomic E-state index is 0.995. The lowest BCUT2D eigenvalue weighted by Gasteiger charge is -2.14. The first-order chi connectivity index (χ1) is 14.8. The van der Waals surface area contributed by atoms with Crippen LogP contribution < -0.4 is 0 Å². The molecule has 0 amide bonds. The number of nitrogens with zero attached hydrogens (tertiary/aromatic N) is 1. The van der Waals surface area contributed by atoms with Crippen LogP contribution in [0.2, 0.25) is 0 Å². The average molecular weight is 388 g/mol. The predicted octanol–water partition coefficient (Wildman–Crippen LogP) is 6.74. The third-order valence-corrected chi connectivity index (χ3v) is 5.88. The highest BCUT2D eigenvalue weighted by Gasteiger charge is 2.11. The van der Waals surface area contributed by atoms with Crippen molar-refractivity contribution < 1.29 is 0 Å². The summed E-state index contributed by atoms with van der Waals surface area (Å²) in [6, 6.07) is 37.0. The van der Waals surface area contributed by atoms with Gasteiger partial charge in [0.1, 0.15) is 0 Å². The quantitative estimate of drug-likeness (QED) is 0.345. The largest absolute Gasteiger partial charge is 0.247 e. The van der Waals surface area contributed by atoms with Crippen molar-refractivity contribution in [2.75, 3.05) is 0 Å². The van der Waals surface area contributed by atoms with Crippen molar-refractivity contribution in [3.63, 3.8) is 0 Å². The fraction of sp³-hybridized carbons (Fsp3) is 0.138. The zero-order valence-corrected chi connectivity index (χ0v) is 17.1. The zero-order valence-electron chi connectivity index (χ0n) is 17.1. The van der Waals surface area contributed by atoms with Crippen molar-refractivity contribution in [2.24, 2.45) is 4.99 Å². The molecule has 0 unspecified atom stereocenters. The van der Waals surface area contributed by atoms with Gasteiger partial charge in [0.25, 0.3) is 0 Å². The highest BCUT2D eigenvalue weighted by Crippen LogP contribution is 2.27. The maximum Gasteiger partial charge on any atom is 0.0781 e. The zero-order chi connectivity index (χ0) is 20.2. The Balaban J connectivity index is 1.62. The van der Waals surface area contributed by atoms with Crippen molar-refractivity contribution in [1.82, 2.24) is 0 Å². The molecule has 1 nitrogen and oxygen atoms in total. The Morgan fingerprint density at radius 3 is 1.60 bits per heavy atom. The minimum Gasteiger partial charge on any atom is -0.247 e. The number of aliphatic imine (C=N–C) groups is 1. The van der Waals surface area contributed by atoms with Crippen molar-refractivity contribution in [1.29, 1.82) is 0 Å². The summed E-state index contributed by atoms with van der Waals surface area (Å²) in [4.78, 5) is 5.27. The molecule has 4 aromatic carbocycles. The van der Waals surface area contributed by atoms with Crippen LogP contribution in [-0.2, 0) is 25.7 Å². The Morgan fingerprint density at radius 1 is 0.500 bits per heavy atom. The van der Waals surface area contributed by atoms with E-state index in [1.165, 1.54) is 22.3 Å². The molecule has 0 fully saturated rings. The van der Waals surface area contributed by atoms with Gasteiger partial charge >= 0.3 is 0 Å². The van der Waals surface area contributed by atoms with E-state index in [1.54, 1.807) is 0 Å². The summed E-state index contributed by atoms with van der Waals surface area (Å²) in [6.45, 7) is 0. The van der Waals surface area contributed by atoms with E-state index in [1.807, 2.05) is 0 Å². The molecular formula is C29H25N. The molecule has 0 radical (unpaired) electrons. The van der Waals surface area contributed by atoms with Gasteiger partial charge in [-0.1, -0.05) is 97.1 Å². The molecule has 4 aromatic rings. The van der Waals surface area contributed by atoms with E-state index in [0.29, 0.717) is 0 Å². The molecular weight excluding hydrogens is 362 g/mol. The second-order valence-corrected chi connectivity index (χ2v) is 7.97. The highest BCUT2D eigenvalue weighted by molar-refractivity contribution is 6.14.